The van der Waals surface area contributed by atoms with Crippen LogP contribution in [0.5, 0.6) is 0 Å². The third-order valence-electron chi connectivity index (χ3n) is 3.54. The summed E-state index contributed by atoms with van der Waals surface area (Å²) in [6.07, 6.45) is 4.00. The lowest BCUT2D eigenvalue weighted by atomic mass is 9.84. The molecule has 1 aromatic rings. The van der Waals surface area contributed by atoms with E-state index in [1.54, 1.807) is 6.07 Å². The first-order valence-corrected chi connectivity index (χ1v) is 6.78. The second-order valence-electron chi connectivity index (χ2n) is 5.03. The summed E-state index contributed by atoms with van der Waals surface area (Å²) in [4.78, 5) is 12.2. The highest BCUT2D eigenvalue weighted by Crippen LogP contribution is 2.27. The molecule has 0 aliphatic heterocycles. The molecule has 4 heteroatoms. The molecule has 2 atom stereocenters. The fraction of sp³-hybridized carbons (Fsp3) is 0.500. The number of nitrogens with one attached hydrogen (secondary N) is 1. The first kappa shape index (κ1) is 13.4. The van der Waals surface area contributed by atoms with Gasteiger partial charge in [0.15, 0.2) is 0 Å². The number of hydrogen-bond donors (Lipinski definition) is 2. The number of carbonyl (C=O) groups excluding carboxylic acids is 1. The molecule has 2 unspecified atom stereocenters. The van der Waals surface area contributed by atoms with Crippen molar-refractivity contribution in [3.8, 4) is 0 Å². The predicted molar refractivity (Wildman–Crippen MR) is 74.8 cm³/mol. The average Bonchev–Trinajstić information content (AvgIpc) is 2.34. The molecule has 0 saturated heterocycles. The second kappa shape index (κ2) is 5.72. The number of halogens is 1. The lowest BCUT2D eigenvalue weighted by Gasteiger charge is -2.27. The summed E-state index contributed by atoms with van der Waals surface area (Å²) in [7, 11) is 0. The highest BCUT2D eigenvalue weighted by atomic mass is 35.5. The number of aryl methyl sites for hydroxylation is 1. The van der Waals surface area contributed by atoms with E-state index in [0.717, 1.165) is 31.2 Å². The molecule has 98 valence electrons. The molecule has 0 radical (unpaired) electrons. The average molecular weight is 267 g/mol. The van der Waals surface area contributed by atoms with Gasteiger partial charge in [0.1, 0.15) is 0 Å². The van der Waals surface area contributed by atoms with E-state index in [9.17, 15) is 4.79 Å². The fourth-order valence-corrected chi connectivity index (χ4v) is 2.61. The monoisotopic (exact) mass is 266 g/mol. The van der Waals surface area contributed by atoms with Crippen LogP contribution >= 0.6 is 11.6 Å². The summed E-state index contributed by atoms with van der Waals surface area (Å²) in [5, 5.41) is 3.47. The van der Waals surface area contributed by atoms with E-state index in [0.29, 0.717) is 10.7 Å². The van der Waals surface area contributed by atoms with Crippen molar-refractivity contribution in [2.45, 2.75) is 38.6 Å². The topological polar surface area (TPSA) is 55.1 Å². The number of carbonyl (C=O) groups is 1. The van der Waals surface area contributed by atoms with Crippen molar-refractivity contribution in [1.29, 1.82) is 0 Å². The van der Waals surface area contributed by atoms with Gasteiger partial charge in [0, 0.05) is 6.04 Å². The van der Waals surface area contributed by atoms with Gasteiger partial charge in [-0.1, -0.05) is 30.5 Å². The zero-order valence-electron chi connectivity index (χ0n) is 10.6. The van der Waals surface area contributed by atoms with E-state index in [1.807, 2.05) is 19.1 Å². The van der Waals surface area contributed by atoms with Gasteiger partial charge in [-0.05, 0) is 37.5 Å². The van der Waals surface area contributed by atoms with E-state index in [4.69, 9.17) is 17.3 Å². The van der Waals surface area contributed by atoms with E-state index in [2.05, 4.69) is 5.32 Å². The largest absolute Gasteiger partial charge is 0.327 e. The van der Waals surface area contributed by atoms with Crippen LogP contribution in [0.4, 0.5) is 5.69 Å². The Bertz CT molecular complexity index is 447. The number of nitrogens with two attached hydrogens (primary N) is 1. The van der Waals surface area contributed by atoms with Gasteiger partial charge >= 0.3 is 0 Å². The highest BCUT2D eigenvalue weighted by molar-refractivity contribution is 6.33. The van der Waals surface area contributed by atoms with E-state index >= 15 is 0 Å². The molecule has 3 nitrogen and oxygen atoms in total. The molecule has 1 amide bonds. The minimum atomic E-state index is -0.0877. The summed E-state index contributed by atoms with van der Waals surface area (Å²) < 4.78 is 0. The van der Waals surface area contributed by atoms with Crippen LogP contribution in [0.2, 0.25) is 5.02 Å². The minimum Gasteiger partial charge on any atom is -0.327 e. The van der Waals surface area contributed by atoms with Gasteiger partial charge in [-0.3, -0.25) is 4.79 Å². The molecule has 2 rings (SSSR count). The second-order valence-corrected chi connectivity index (χ2v) is 5.43. The summed E-state index contributed by atoms with van der Waals surface area (Å²) in [6.45, 7) is 1.97. The Labute approximate surface area is 113 Å². The standard InChI is InChI=1S/C14H19ClN2O/c1-9-6-7-11(15)13(8-9)17-14(18)10-4-2-3-5-12(10)16/h6-8,10,12H,2-5,16H2,1H3,(H,17,18). The Hall–Kier alpha value is -1.06. The molecule has 18 heavy (non-hydrogen) atoms. The van der Waals surface area contributed by atoms with Crippen molar-refractivity contribution in [2.75, 3.05) is 5.32 Å². The van der Waals surface area contributed by atoms with Crippen LogP contribution in [0.25, 0.3) is 0 Å². The number of hydrogen-bond acceptors (Lipinski definition) is 2. The van der Waals surface area contributed by atoms with Gasteiger partial charge in [0.2, 0.25) is 5.91 Å². The van der Waals surface area contributed by atoms with Gasteiger partial charge < -0.3 is 11.1 Å². The Kier molecular flexibility index (Phi) is 4.25. The van der Waals surface area contributed by atoms with Crippen molar-refractivity contribution < 1.29 is 4.79 Å². The number of benzene rings is 1. The molecule has 0 spiro atoms. The molecular weight excluding hydrogens is 248 g/mol. The van der Waals surface area contributed by atoms with Crippen LogP contribution in [0.3, 0.4) is 0 Å². The van der Waals surface area contributed by atoms with E-state index in [-0.39, 0.29) is 17.9 Å². The first-order chi connectivity index (χ1) is 8.58. The van der Waals surface area contributed by atoms with Crippen molar-refractivity contribution >= 4 is 23.2 Å². The Morgan fingerprint density at radius 3 is 2.83 bits per heavy atom. The minimum absolute atomic E-state index is 0.00491. The van der Waals surface area contributed by atoms with Crippen LogP contribution in [-0.4, -0.2) is 11.9 Å². The lowest BCUT2D eigenvalue weighted by Crippen LogP contribution is -2.40. The predicted octanol–water partition coefficient (Wildman–Crippen LogP) is 3.10. The van der Waals surface area contributed by atoms with E-state index in [1.165, 1.54) is 0 Å². The zero-order valence-corrected chi connectivity index (χ0v) is 11.3. The van der Waals surface area contributed by atoms with Crippen molar-refractivity contribution in [3.63, 3.8) is 0 Å². The fourth-order valence-electron chi connectivity index (χ4n) is 2.45. The van der Waals surface area contributed by atoms with Crippen LogP contribution in [-0.2, 0) is 4.79 Å². The molecule has 0 heterocycles. The maximum Gasteiger partial charge on any atom is 0.229 e. The van der Waals surface area contributed by atoms with Crippen LogP contribution in [0.1, 0.15) is 31.2 Å². The maximum atomic E-state index is 12.2. The molecule has 3 N–H and O–H groups in total. The quantitative estimate of drug-likeness (QED) is 0.864. The molecule has 1 aliphatic carbocycles. The molecule has 0 aromatic heterocycles. The van der Waals surface area contributed by atoms with Gasteiger partial charge in [0.05, 0.1) is 16.6 Å². The van der Waals surface area contributed by atoms with E-state index < -0.39 is 0 Å². The third kappa shape index (κ3) is 3.03. The van der Waals surface area contributed by atoms with Gasteiger partial charge in [-0.15, -0.1) is 0 Å². The van der Waals surface area contributed by atoms with Crippen LogP contribution in [0, 0.1) is 12.8 Å². The molecule has 1 aromatic carbocycles. The lowest BCUT2D eigenvalue weighted by molar-refractivity contribution is -0.121. The van der Waals surface area contributed by atoms with Crippen molar-refractivity contribution in [3.05, 3.63) is 28.8 Å². The molecule has 1 saturated carbocycles. The van der Waals surface area contributed by atoms with Crippen LogP contribution < -0.4 is 11.1 Å². The smallest absolute Gasteiger partial charge is 0.229 e. The number of rotatable bonds is 2. The van der Waals surface area contributed by atoms with Crippen LogP contribution in [0.15, 0.2) is 18.2 Å². The molecule has 1 fully saturated rings. The summed E-state index contributed by atoms with van der Waals surface area (Å²) >= 11 is 6.07. The highest BCUT2D eigenvalue weighted by Gasteiger charge is 2.28. The summed E-state index contributed by atoms with van der Waals surface area (Å²) in [5.74, 6) is -0.0926. The maximum absolute atomic E-state index is 12.2. The Morgan fingerprint density at radius 1 is 1.39 bits per heavy atom. The van der Waals surface area contributed by atoms with Gasteiger partial charge in [-0.2, -0.15) is 0 Å². The normalized spacial score (nSPS) is 23.7. The SMILES string of the molecule is Cc1ccc(Cl)c(NC(=O)C2CCCCC2N)c1. The first-order valence-electron chi connectivity index (χ1n) is 6.40. The van der Waals surface area contributed by atoms with Crippen molar-refractivity contribution in [1.82, 2.24) is 0 Å². The molecule has 0 bridgehead atoms. The number of anilines is 1. The zero-order chi connectivity index (χ0) is 13.1. The molecular formula is C14H19ClN2O. The third-order valence-corrected chi connectivity index (χ3v) is 3.87. The van der Waals surface area contributed by atoms with Gasteiger partial charge in [0.25, 0.3) is 0 Å². The Morgan fingerprint density at radius 2 is 2.11 bits per heavy atom. The van der Waals surface area contributed by atoms with Crippen molar-refractivity contribution in [2.24, 2.45) is 11.7 Å². The Balaban J connectivity index is 2.08. The number of amides is 1. The summed E-state index contributed by atoms with van der Waals surface area (Å²) in [5.41, 5.74) is 7.76. The van der Waals surface area contributed by atoms with Gasteiger partial charge in [-0.25, -0.2) is 0 Å². The molecule has 1 aliphatic rings. The summed E-state index contributed by atoms with van der Waals surface area (Å²) in [6, 6.07) is 5.58.